The summed E-state index contributed by atoms with van der Waals surface area (Å²) >= 11 is 0. The average molecular weight is 285 g/mol. The summed E-state index contributed by atoms with van der Waals surface area (Å²) in [6, 6.07) is 12.0. The summed E-state index contributed by atoms with van der Waals surface area (Å²) < 4.78 is 11.6. The van der Waals surface area contributed by atoms with Crippen LogP contribution < -0.4 is 10.1 Å². The van der Waals surface area contributed by atoms with E-state index < -0.39 is 0 Å². The maximum Gasteiger partial charge on any atom is 0.146 e. The zero-order valence-corrected chi connectivity index (χ0v) is 12.6. The molecule has 3 heteroatoms. The van der Waals surface area contributed by atoms with Crippen molar-refractivity contribution < 1.29 is 9.15 Å². The van der Waals surface area contributed by atoms with Crippen molar-refractivity contribution in [2.75, 3.05) is 6.54 Å². The molecule has 21 heavy (non-hydrogen) atoms. The van der Waals surface area contributed by atoms with Crippen LogP contribution in [0.25, 0.3) is 0 Å². The third-order valence-electron chi connectivity index (χ3n) is 3.15. The number of hydrogen-bond donors (Lipinski definition) is 1. The van der Waals surface area contributed by atoms with Crippen LogP contribution in [-0.2, 0) is 19.6 Å². The summed E-state index contributed by atoms with van der Waals surface area (Å²) in [5, 5.41) is 3.32. The highest BCUT2D eigenvalue weighted by Crippen LogP contribution is 2.20. The average Bonchev–Trinajstić information content (AvgIpc) is 2.95. The highest BCUT2D eigenvalue weighted by atomic mass is 16.5. The van der Waals surface area contributed by atoms with Gasteiger partial charge in [-0.1, -0.05) is 31.2 Å². The van der Waals surface area contributed by atoms with Gasteiger partial charge in [-0.05, 0) is 43.1 Å². The van der Waals surface area contributed by atoms with E-state index in [0.717, 1.165) is 48.8 Å². The largest absolute Gasteiger partial charge is 0.485 e. The Labute approximate surface area is 126 Å². The lowest BCUT2D eigenvalue weighted by atomic mass is 10.1. The SMILES string of the molecule is C=CCc1ccccc1OCc1ccc(CNCCC)o1. The summed E-state index contributed by atoms with van der Waals surface area (Å²) in [4.78, 5) is 0. The highest BCUT2D eigenvalue weighted by molar-refractivity contribution is 5.34. The molecule has 2 rings (SSSR count). The van der Waals surface area contributed by atoms with E-state index in [1.54, 1.807) is 0 Å². The standard InChI is InChI=1S/C18H23NO2/c1-3-7-15-8-5-6-9-18(15)20-14-17-11-10-16(21-17)13-19-12-4-2/h3,5-6,8-11,19H,1,4,7,12-14H2,2H3. The number of para-hydroxylation sites is 1. The van der Waals surface area contributed by atoms with Crippen LogP contribution >= 0.6 is 0 Å². The van der Waals surface area contributed by atoms with Crippen LogP contribution in [-0.4, -0.2) is 6.54 Å². The van der Waals surface area contributed by atoms with Crippen LogP contribution in [0.1, 0.15) is 30.4 Å². The topological polar surface area (TPSA) is 34.4 Å². The van der Waals surface area contributed by atoms with Gasteiger partial charge in [-0.15, -0.1) is 6.58 Å². The number of hydrogen-bond acceptors (Lipinski definition) is 3. The van der Waals surface area contributed by atoms with E-state index in [0.29, 0.717) is 6.61 Å². The second kappa shape index (κ2) is 8.32. The molecule has 0 saturated heterocycles. The minimum absolute atomic E-state index is 0.446. The Kier molecular flexibility index (Phi) is 6.10. The van der Waals surface area contributed by atoms with E-state index in [-0.39, 0.29) is 0 Å². The fraction of sp³-hybridized carbons (Fsp3) is 0.333. The van der Waals surface area contributed by atoms with Crippen LogP contribution in [0.4, 0.5) is 0 Å². The molecule has 1 heterocycles. The van der Waals surface area contributed by atoms with Crippen molar-refractivity contribution in [1.82, 2.24) is 5.32 Å². The highest BCUT2D eigenvalue weighted by Gasteiger charge is 2.05. The van der Waals surface area contributed by atoms with E-state index in [1.165, 1.54) is 0 Å². The Morgan fingerprint density at radius 3 is 2.81 bits per heavy atom. The van der Waals surface area contributed by atoms with Crippen molar-refractivity contribution >= 4 is 0 Å². The van der Waals surface area contributed by atoms with Crippen molar-refractivity contribution in [2.45, 2.75) is 32.9 Å². The van der Waals surface area contributed by atoms with E-state index in [9.17, 15) is 0 Å². The fourth-order valence-corrected chi connectivity index (χ4v) is 2.10. The number of benzene rings is 1. The van der Waals surface area contributed by atoms with Crippen molar-refractivity contribution in [3.63, 3.8) is 0 Å². The number of ether oxygens (including phenoxy) is 1. The summed E-state index contributed by atoms with van der Waals surface area (Å²) in [5.74, 6) is 2.68. The lowest BCUT2D eigenvalue weighted by Gasteiger charge is -2.09. The molecular weight excluding hydrogens is 262 g/mol. The molecule has 2 aromatic rings. The van der Waals surface area contributed by atoms with Gasteiger partial charge in [0.25, 0.3) is 0 Å². The van der Waals surface area contributed by atoms with Crippen molar-refractivity contribution in [2.24, 2.45) is 0 Å². The number of nitrogens with one attached hydrogen (secondary N) is 1. The zero-order valence-electron chi connectivity index (χ0n) is 12.6. The Bertz CT molecular complexity index is 560. The second-order valence-corrected chi connectivity index (χ2v) is 4.93. The molecule has 0 amide bonds. The first kappa shape index (κ1) is 15.4. The van der Waals surface area contributed by atoms with Gasteiger partial charge < -0.3 is 14.5 Å². The fourth-order valence-electron chi connectivity index (χ4n) is 2.10. The molecule has 0 unspecified atom stereocenters. The van der Waals surface area contributed by atoms with E-state index in [4.69, 9.17) is 9.15 Å². The first-order chi connectivity index (χ1) is 10.3. The summed E-state index contributed by atoms with van der Waals surface area (Å²) in [5.41, 5.74) is 1.14. The van der Waals surface area contributed by atoms with E-state index in [1.807, 2.05) is 36.4 Å². The number of rotatable bonds is 9. The third kappa shape index (κ3) is 4.80. The molecule has 0 atom stereocenters. The molecule has 0 fully saturated rings. The van der Waals surface area contributed by atoms with E-state index >= 15 is 0 Å². The molecule has 112 valence electrons. The molecule has 0 radical (unpaired) electrons. The molecule has 1 aromatic heterocycles. The molecule has 1 N–H and O–H groups in total. The molecular formula is C18H23NO2. The van der Waals surface area contributed by atoms with Gasteiger partial charge in [-0.2, -0.15) is 0 Å². The quantitative estimate of drug-likeness (QED) is 0.556. The Hall–Kier alpha value is -2.00. The lowest BCUT2D eigenvalue weighted by Crippen LogP contribution is -2.13. The molecule has 0 bridgehead atoms. The summed E-state index contributed by atoms with van der Waals surface area (Å²) in [6.45, 7) is 8.13. The Morgan fingerprint density at radius 2 is 2.00 bits per heavy atom. The number of allylic oxidation sites excluding steroid dienone is 1. The van der Waals surface area contributed by atoms with Crippen LogP contribution in [0.2, 0.25) is 0 Å². The van der Waals surface area contributed by atoms with Gasteiger partial charge in [0.1, 0.15) is 23.9 Å². The molecule has 0 aliphatic heterocycles. The van der Waals surface area contributed by atoms with Gasteiger partial charge in [-0.3, -0.25) is 0 Å². The molecule has 1 aromatic carbocycles. The van der Waals surface area contributed by atoms with E-state index in [2.05, 4.69) is 24.9 Å². The van der Waals surface area contributed by atoms with Crippen LogP contribution in [0, 0.1) is 0 Å². The number of furan rings is 1. The minimum atomic E-state index is 0.446. The predicted octanol–water partition coefficient (Wildman–Crippen LogP) is 4.09. The monoisotopic (exact) mass is 285 g/mol. The van der Waals surface area contributed by atoms with Crippen LogP contribution in [0.5, 0.6) is 5.75 Å². The predicted molar refractivity (Wildman–Crippen MR) is 85.4 cm³/mol. The normalized spacial score (nSPS) is 10.5. The van der Waals surface area contributed by atoms with Crippen LogP contribution in [0.15, 0.2) is 53.5 Å². The molecule has 3 nitrogen and oxygen atoms in total. The van der Waals surface area contributed by atoms with Crippen molar-refractivity contribution in [3.8, 4) is 5.75 Å². The van der Waals surface area contributed by atoms with Crippen molar-refractivity contribution in [1.29, 1.82) is 0 Å². The van der Waals surface area contributed by atoms with Gasteiger partial charge in [0.2, 0.25) is 0 Å². The first-order valence-corrected chi connectivity index (χ1v) is 7.43. The zero-order chi connectivity index (χ0) is 14.9. The second-order valence-electron chi connectivity index (χ2n) is 4.93. The van der Waals surface area contributed by atoms with Gasteiger partial charge >= 0.3 is 0 Å². The molecule has 0 spiro atoms. The van der Waals surface area contributed by atoms with Gasteiger partial charge in [0, 0.05) is 0 Å². The minimum Gasteiger partial charge on any atom is -0.485 e. The smallest absolute Gasteiger partial charge is 0.146 e. The van der Waals surface area contributed by atoms with Gasteiger partial charge in [0.05, 0.1) is 6.54 Å². The molecule has 0 saturated carbocycles. The summed E-state index contributed by atoms with van der Waals surface area (Å²) in [6.07, 6.45) is 3.81. The molecule has 0 aliphatic carbocycles. The van der Waals surface area contributed by atoms with Gasteiger partial charge in [-0.25, -0.2) is 0 Å². The molecule has 0 aliphatic rings. The Balaban J connectivity index is 1.89. The third-order valence-corrected chi connectivity index (χ3v) is 3.15. The van der Waals surface area contributed by atoms with Gasteiger partial charge in [0.15, 0.2) is 0 Å². The Morgan fingerprint density at radius 1 is 1.19 bits per heavy atom. The first-order valence-electron chi connectivity index (χ1n) is 7.43. The maximum absolute atomic E-state index is 5.85. The van der Waals surface area contributed by atoms with Crippen molar-refractivity contribution in [3.05, 3.63) is 66.1 Å². The van der Waals surface area contributed by atoms with Crippen LogP contribution in [0.3, 0.4) is 0 Å². The lowest BCUT2D eigenvalue weighted by molar-refractivity contribution is 0.263. The maximum atomic E-state index is 5.85. The summed E-state index contributed by atoms with van der Waals surface area (Å²) in [7, 11) is 0.